The Morgan fingerprint density at radius 1 is 1.00 bits per heavy atom. The van der Waals surface area contributed by atoms with E-state index in [0.717, 1.165) is 29.8 Å². The molecule has 0 aliphatic carbocycles. The quantitative estimate of drug-likeness (QED) is 0.674. The van der Waals surface area contributed by atoms with Crippen molar-refractivity contribution in [2.75, 3.05) is 14.2 Å². The standard InChI is InChI=1S/C19H27NO3S/c1-5-7-9-14-17(10-8-6-2)24-19(20-14)13-11-15(22-3)18(21)16(12-13)23-4/h11-12,21H,5-10H2,1-4H3. The van der Waals surface area contributed by atoms with Gasteiger partial charge in [-0.15, -0.1) is 11.3 Å². The highest BCUT2D eigenvalue weighted by Crippen LogP contribution is 2.41. The molecule has 132 valence electrons. The third kappa shape index (κ3) is 4.20. The summed E-state index contributed by atoms with van der Waals surface area (Å²) in [5, 5.41) is 11.0. The van der Waals surface area contributed by atoms with Gasteiger partial charge >= 0.3 is 0 Å². The second kappa shape index (κ2) is 8.92. The van der Waals surface area contributed by atoms with Gasteiger partial charge in [0.2, 0.25) is 5.75 Å². The van der Waals surface area contributed by atoms with Crippen LogP contribution in [0, 0.1) is 0 Å². The van der Waals surface area contributed by atoms with E-state index in [1.54, 1.807) is 25.6 Å². The first-order chi connectivity index (χ1) is 11.6. The number of aromatic nitrogens is 1. The summed E-state index contributed by atoms with van der Waals surface area (Å²) in [6.45, 7) is 4.41. The molecular weight excluding hydrogens is 322 g/mol. The smallest absolute Gasteiger partial charge is 0.200 e. The molecule has 0 saturated carbocycles. The fraction of sp³-hybridized carbons (Fsp3) is 0.526. The molecule has 0 spiro atoms. The van der Waals surface area contributed by atoms with E-state index < -0.39 is 0 Å². The molecule has 0 fully saturated rings. The summed E-state index contributed by atoms with van der Waals surface area (Å²) in [5.74, 6) is 0.840. The zero-order chi connectivity index (χ0) is 17.5. The molecule has 5 heteroatoms. The number of aryl methyl sites for hydroxylation is 2. The molecule has 0 unspecified atom stereocenters. The van der Waals surface area contributed by atoms with Gasteiger partial charge in [0.15, 0.2) is 11.5 Å². The molecule has 0 saturated heterocycles. The number of hydrogen-bond acceptors (Lipinski definition) is 5. The predicted molar refractivity (Wildman–Crippen MR) is 99.5 cm³/mol. The lowest BCUT2D eigenvalue weighted by Crippen LogP contribution is -1.92. The van der Waals surface area contributed by atoms with E-state index in [1.807, 2.05) is 12.1 Å². The van der Waals surface area contributed by atoms with Gasteiger partial charge in [0.05, 0.1) is 19.9 Å². The van der Waals surface area contributed by atoms with Crippen molar-refractivity contribution in [2.45, 2.75) is 52.4 Å². The van der Waals surface area contributed by atoms with Crippen LogP contribution in [-0.2, 0) is 12.8 Å². The zero-order valence-electron chi connectivity index (χ0n) is 15.0. The van der Waals surface area contributed by atoms with Gasteiger partial charge in [0, 0.05) is 10.4 Å². The van der Waals surface area contributed by atoms with E-state index in [0.29, 0.717) is 11.5 Å². The minimum absolute atomic E-state index is 0.0257. The lowest BCUT2D eigenvalue weighted by molar-refractivity contribution is 0.340. The molecule has 1 aromatic heterocycles. The summed E-state index contributed by atoms with van der Waals surface area (Å²) in [4.78, 5) is 6.26. The van der Waals surface area contributed by atoms with Gasteiger partial charge in [-0.1, -0.05) is 26.7 Å². The highest BCUT2D eigenvalue weighted by atomic mass is 32.1. The second-order valence-electron chi connectivity index (χ2n) is 5.83. The van der Waals surface area contributed by atoms with E-state index in [2.05, 4.69) is 13.8 Å². The lowest BCUT2D eigenvalue weighted by atomic mass is 10.1. The number of unbranched alkanes of at least 4 members (excludes halogenated alkanes) is 2. The van der Waals surface area contributed by atoms with Gasteiger partial charge in [-0.3, -0.25) is 0 Å². The zero-order valence-corrected chi connectivity index (χ0v) is 15.8. The van der Waals surface area contributed by atoms with Crippen LogP contribution in [0.2, 0.25) is 0 Å². The Morgan fingerprint density at radius 2 is 1.58 bits per heavy atom. The Balaban J connectivity index is 2.42. The minimum atomic E-state index is 0.0257. The molecule has 1 aromatic carbocycles. The first kappa shape index (κ1) is 18.6. The molecule has 0 aliphatic rings. The Morgan fingerprint density at radius 3 is 2.12 bits per heavy atom. The topological polar surface area (TPSA) is 51.6 Å². The highest BCUT2D eigenvalue weighted by Gasteiger charge is 2.17. The van der Waals surface area contributed by atoms with Gasteiger partial charge in [0.1, 0.15) is 5.01 Å². The molecule has 24 heavy (non-hydrogen) atoms. The van der Waals surface area contributed by atoms with Crippen molar-refractivity contribution in [1.29, 1.82) is 0 Å². The number of rotatable bonds is 9. The number of phenols is 1. The van der Waals surface area contributed by atoms with Crippen molar-refractivity contribution < 1.29 is 14.6 Å². The van der Waals surface area contributed by atoms with Gasteiger partial charge in [-0.2, -0.15) is 0 Å². The lowest BCUT2D eigenvalue weighted by Gasteiger charge is -2.09. The van der Waals surface area contributed by atoms with Crippen molar-refractivity contribution in [3.63, 3.8) is 0 Å². The monoisotopic (exact) mass is 349 g/mol. The van der Waals surface area contributed by atoms with E-state index in [4.69, 9.17) is 14.5 Å². The van der Waals surface area contributed by atoms with Crippen LogP contribution >= 0.6 is 11.3 Å². The van der Waals surface area contributed by atoms with Crippen LogP contribution in [0.3, 0.4) is 0 Å². The molecule has 0 bridgehead atoms. The largest absolute Gasteiger partial charge is 0.502 e. The Kier molecular flexibility index (Phi) is 6.91. The van der Waals surface area contributed by atoms with Gasteiger partial charge in [0.25, 0.3) is 0 Å². The number of aromatic hydroxyl groups is 1. The van der Waals surface area contributed by atoms with E-state index in [-0.39, 0.29) is 5.75 Å². The molecule has 2 rings (SSSR count). The van der Waals surface area contributed by atoms with Crippen LogP contribution in [-0.4, -0.2) is 24.3 Å². The number of thiazole rings is 1. The number of methoxy groups -OCH3 is 2. The molecule has 0 atom stereocenters. The Bertz CT molecular complexity index is 616. The predicted octanol–water partition coefficient (Wildman–Crippen LogP) is 5.22. The number of ether oxygens (including phenoxy) is 2. The number of nitrogens with zero attached hydrogens (tertiary/aromatic N) is 1. The van der Waals surface area contributed by atoms with Crippen molar-refractivity contribution >= 4 is 11.3 Å². The molecule has 1 heterocycles. The minimum Gasteiger partial charge on any atom is -0.502 e. The molecular formula is C19H27NO3S. The number of hydrogen-bond donors (Lipinski definition) is 1. The molecule has 0 radical (unpaired) electrons. The molecule has 0 aliphatic heterocycles. The Hall–Kier alpha value is -1.75. The van der Waals surface area contributed by atoms with Crippen molar-refractivity contribution in [3.05, 3.63) is 22.7 Å². The van der Waals surface area contributed by atoms with Crippen LogP contribution < -0.4 is 9.47 Å². The highest BCUT2D eigenvalue weighted by molar-refractivity contribution is 7.15. The van der Waals surface area contributed by atoms with Crippen LogP contribution in [0.15, 0.2) is 12.1 Å². The fourth-order valence-corrected chi connectivity index (χ4v) is 3.73. The van der Waals surface area contributed by atoms with E-state index >= 15 is 0 Å². The maximum absolute atomic E-state index is 10.1. The van der Waals surface area contributed by atoms with Crippen LogP contribution in [0.25, 0.3) is 10.6 Å². The first-order valence-electron chi connectivity index (χ1n) is 8.58. The van der Waals surface area contributed by atoms with Gasteiger partial charge < -0.3 is 14.6 Å². The van der Waals surface area contributed by atoms with Gasteiger partial charge in [-0.25, -0.2) is 4.98 Å². The average molecular weight is 349 g/mol. The third-order valence-corrected chi connectivity index (χ3v) is 5.24. The normalized spacial score (nSPS) is 10.8. The van der Waals surface area contributed by atoms with Crippen molar-refractivity contribution in [1.82, 2.24) is 4.98 Å². The SMILES string of the molecule is CCCCc1nc(-c2cc(OC)c(O)c(OC)c2)sc1CCCC. The summed E-state index contributed by atoms with van der Waals surface area (Å²) in [6, 6.07) is 3.65. The molecule has 0 amide bonds. The molecule has 4 nitrogen and oxygen atoms in total. The average Bonchev–Trinajstić information content (AvgIpc) is 3.01. The molecule has 1 N–H and O–H groups in total. The van der Waals surface area contributed by atoms with Crippen LogP contribution in [0.5, 0.6) is 17.2 Å². The number of benzene rings is 1. The van der Waals surface area contributed by atoms with Crippen molar-refractivity contribution in [3.8, 4) is 27.8 Å². The summed E-state index contributed by atoms with van der Waals surface area (Å²) < 4.78 is 10.5. The Labute approximate surface area is 148 Å². The maximum Gasteiger partial charge on any atom is 0.200 e. The third-order valence-electron chi connectivity index (χ3n) is 4.03. The van der Waals surface area contributed by atoms with E-state index in [9.17, 15) is 5.11 Å². The summed E-state index contributed by atoms with van der Waals surface area (Å²) in [7, 11) is 3.08. The number of phenolic OH excluding ortho intramolecular Hbond substituents is 1. The first-order valence-corrected chi connectivity index (χ1v) is 9.40. The summed E-state index contributed by atoms with van der Waals surface area (Å²) in [6.07, 6.45) is 6.80. The van der Waals surface area contributed by atoms with Crippen LogP contribution in [0.1, 0.15) is 50.1 Å². The van der Waals surface area contributed by atoms with Crippen molar-refractivity contribution in [2.24, 2.45) is 0 Å². The summed E-state index contributed by atoms with van der Waals surface area (Å²) in [5.41, 5.74) is 2.14. The summed E-state index contributed by atoms with van der Waals surface area (Å²) >= 11 is 1.74. The van der Waals surface area contributed by atoms with E-state index in [1.165, 1.54) is 29.8 Å². The van der Waals surface area contributed by atoms with Gasteiger partial charge in [-0.05, 0) is 37.8 Å². The van der Waals surface area contributed by atoms with Crippen LogP contribution in [0.4, 0.5) is 0 Å². The molecule has 2 aromatic rings. The second-order valence-corrected chi connectivity index (χ2v) is 6.91. The maximum atomic E-state index is 10.1. The fourth-order valence-electron chi connectivity index (χ4n) is 2.60.